The molecule has 20 heavy (non-hydrogen) atoms. The fourth-order valence-corrected chi connectivity index (χ4v) is 2.61. The summed E-state index contributed by atoms with van der Waals surface area (Å²) in [6.07, 6.45) is 0. The summed E-state index contributed by atoms with van der Waals surface area (Å²) in [6, 6.07) is 4.29. The van der Waals surface area contributed by atoms with E-state index in [1.54, 1.807) is 14.2 Å². The summed E-state index contributed by atoms with van der Waals surface area (Å²) in [5, 5.41) is 4.40. The first-order valence-corrected chi connectivity index (χ1v) is 7.36. The monoisotopic (exact) mass is 341 g/mol. The van der Waals surface area contributed by atoms with Gasteiger partial charge in [-0.05, 0) is 28.1 Å². The Kier molecular flexibility index (Phi) is 5.07. The lowest BCUT2D eigenvalue weighted by atomic mass is 10.1. The fraction of sp³-hybridized carbons (Fsp3) is 0.467. The van der Waals surface area contributed by atoms with E-state index in [1.165, 1.54) is 0 Å². The lowest BCUT2D eigenvalue weighted by Crippen LogP contribution is -2.22. The molecule has 0 saturated carbocycles. The van der Waals surface area contributed by atoms with Crippen LogP contribution in [-0.4, -0.2) is 20.3 Å². The van der Waals surface area contributed by atoms with E-state index in [0.717, 1.165) is 32.5 Å². The number of ether oxygens (including phenoxy) is 2. The van der Waals surface area contributed by atoms with Gasteiger partial charge >= 0.3 is 0 Å². The Morgan fingerprint density at radius 3 is 2.65 bits per heavy atom. The molecule has 1 heterocycles. The van der Waals surface area contributed by atoms with Gasteiger partial charge in [0.05, 0.1) is 24.7 Å². The third-order valence-electron chi connectivity index (χ3n) is 3.10. The Bertz CT molecular complexity index is 592. The molecule has 0 amide bonds. The zero-order valence-corrected chi connectivity index (χ0v) is 13.8. The Morgan fingerprint density at radius 1 is 1.30 bits per heavy atom. The van der Waals surface area contributed by atoms with Crippen molar-refractivity contribution < 1.29 is 13.9 Å². The second-order valence-electron chi connectivity index (χ2n) is 4.96. The number of methoxy groups -OCH3 is 2. The summed E-state index contributed by atoms with van der Waals surface area (Å²) in [7, 11) is 3.35. The van der Waals surface area contributed by atoms with Gasteiger partial charge in [-0.15, -0.1) is 0 Å². The first kappa shape index (κ1) is 15.4. The van der Waals surface area contributed by atoms with Crippen LogP contribution in [0.4, 0.5) is 0 Å². The van der Waals surface area contributed by atoms with Gasteiger partial charge < -0.3 is 19.2 Å². The Labute approximate surface area is 127 Å². The van der Waals surface area contributed by atoms with Gasteiger partial charge in [-0.3, -0.25) is 0 Å². The molecule has 0 bridgehead atoms. The number of furan rings is 1. The quantitative estimate of drug-likeness (QED) is 0.866. The number of nitrogens with one attached hydrogen (secondary N) is 1. The molecule has 5 heteroatoms. The maximum absolute atomic E-state index is 5.99. The van der Waals surface area contributed by atoms with E-state index in [1.807, 2.05) is 12.1 Å². The van der Waals surface area contributed by atoms with E-state index in [-0.39, 0.29) is 0 Å². The van der Waals surface area contributed by atoms with Gasteiger partial charge in [0.1, 0.15) is 17.1 Å². The molecule has 110 valence electrons. The average Bonchev–Trinajstić information content (AvgIpc) is 2.76. The van der Waals surface area contributed by atoms with Crippen LogP contribution in [0.25, 0.3) is 11.0 Å². The van der Waals surface area contributed by atoms with Gasteiger partial charge in [-0.2, -0.15) is 0 Å². The third-order valence-corrected chi connectivity index (χ3v) is 3.69. The minimum Gasteiger partial charge on any atom is -0.497 e. The summed E-state index contributed by atoms with van der Waals surface area (Å²) >= 11 is 3.53. The van der Waals surface area contributed by atoms with Gasteiger partial charge in [0.15, 0.2) is 0 Å². The standard InChI is InChI=1S/C15H20BrNO3/c1-9(2)17-7-14-12(8-18-3)11-5-10(19-4)6-13(16)15(11)20-14/h5-6,9,17H,7-8H2,1-4H3. The van der Waals surface area contributed by atoms with Crippen molar-refractivity contribution in [2.45, 2.75) is 33.0 Å². The van der Waals surface area contributed by atoms with Gasteiger partial charge in [-0.1, -0.05) is 13.8 Å². The first-order chi connectivity index (χ1) is 9.56. The summed E-state index contributed by atoms with van der Waals surface area (Å²) in [5.41, 5.74) is 1.90. The highest BCUT2D eigenvalue weighted by Gasteiger charge is 2.17. The number of hydrogen-bond donors (Lipinski definition) is 1. The predicted molar refractivity (Wildman–Crippen MR) is 83.2 cm³/mol. The van der Waals surface area contributed by atoms with Crippen LogP contribution in [0, 0.1) is 0 Å². The van der Waals surface area contributed by atoms with Crippen LogP contribution in [0.3, 0.4) is 0 Å². The van der Waals surface area contributed by atoms with Crippen molar-refractivity contribution in [2.75, 3.05) is 14.2 Å². The first-order valence-electron chi connectivity index (χ1n) is 6.57. The Balaban J connectivity index is 2.51. The second kappa shape index (κ2) is 6.61. The van der Waals surface area contributed by atoms with Crippen molar-refractivity contribution in [2.24, 2.45) is 0 Å². The van der Waals surface area contributed by atoms with Gasteiger partial charge in [0.2, 0.25) is 0 Å². The van der Waals surface area contributed by atoms with Crippen molar-refractivity contribution in [1.82, 2.24) is 5.32 Å². The van der Waals surface area contributed by atoms with E-state index >= 15 is 0 Å². The second-order valence-corrected chi connectivity index (χ2v) is 5.81. The summed E-state index contributed by atoms with van der Waals surface area (Å²) in [6.45, 7) is 5.41. The van der Waals surface area contributed by atoms with Crippen molar-refractivity contribution in [3.63, 3.8) is 0 Å². The minimum atomic E-state index is 0.400. The zero-order chi connectivity index (χ0) is 14.7. The lowest BCUT2D eigenvalue weighted by molar-refractivity contribution is 0.183. The van der Waals surface area contributed by atoms with E-state index in [2.05, 4.69) is 35.1 Å². The average molecular weight is 342 g/mol. The molecule has 0 atom stereocenters. The number of hydrogen-bond acceptors (Lipinski definition) is 4. The van der Waals surface area contributed by atoms with Gasteiger partial charge in [0.25, 0.3) is 0 Å². The fourth-order valence-electron chi connectivity index (χ4n) is 2.09. The molecule has 0 fully saturated rings. The van der Waals surface area contributed by atoms with Crippen molar-refractivity contribution in [1.29, 1.82) is 0 Å². The molecule has 0 aliphatic rings. The smallest absolute Gasteiger partial charge is 0.149 e. The van der Waals surface area contributed by atoms with Gasteiger partial charge in [-0.25, -0.2) is 0 Å². The normalized spacial score (nSPS) is 11.5. The summed E-state index contributed by atoms with van der Waals surface area (Å²) < 4.78 is 17.5. The molecule has 2 aromatic rings. The van der Waals surface area contributed by atoms with Crippen molar-refractivity contribution >= 4 is 26.9 Å². The molecular weight excluding hydrogens is 322 g/mol. The highest BCUT2D eigenvalue weighted by atomic mass is 79.9. The molecule has 1 aromatic carbocycles. The minimum absolute atomic E-state index is 0.400. The summed E-state index contributed by atoms with van der Waals surface area (Å²) in [4.78, 5) is 0. The molecule has 2 rings (SSSR count). The molecule has 1 N–H and O–H groups in total. The predicted octanol–water partition coefficient (Wildman–Crippen LogP) is 3.85. The number of benzene rings is 1. The van der Waals surface area contributed by atoms with Crippen LogP contribution >= 0.6 is 15.9 Å². The topological polar surface area (TPSA) is 43.6 Å². The van der Waals surface area contributed by atoms with E-state index in [4.69, 9.17) is 13.9 Å². The molecule has 1 aromatic heterocycles. The number of rotatable bonds is 6. The third kappa shape index (κ3) is 3.16. The summed E-state index contributed by atoms with van der Waals surface area (Å²) in [5.74, 6) is 1.70. The van der Waals surface area contributed by atoms with Crippen LogP contribution in [0.15, 0.2) is 21.0 Å². The highest BCUT2D eigenvalue weighted by molar-refractivity contribution is 9.10. The lowest BCUT2D eigenvalue weighted by Gasteiger charge is -2.07. The Morgan fingerprint density at radius 2 is 2.05 bits per heavy atom. The number of halogens is 1. The van der Waals surface area contributed by atoms with E-state index in [0.29, 0.717) is 19.2 Å². The molecule has 4 nitrogen and oxygen atoms in total. The molecule has 0 spiro atoms. The van der Waals surface area contributed by atoms with E-state index < -0.39 is 0 Å². The zero-order valence-electron chi connectivity index (χ0n) is 12.2. The van der Waals surface area contributed by atoms with Crippen LogP contribution in [0.5, 0.6) is 5.75 Å². The molecule has 0 aliphatic carbocycles. The van der Waals surface area contributed by atoms with Crippen molar-refractivity contribution in [3.8, 4) is 5.75 Å². The highest BCUT2D eigenvalue weighted by Crippen LogP contribution is 2.35. The van der Waals surface area contributed by atoms with Gasteiger partial charge in [0, 0.05) is 24.1 Å². The van der Waals surface area contributed by atoms with E-state index in [9.17, 15) is 0 Å². The molecule has 0 aliphatic heterocycles. The molecule has 0 saturated heterocycles. The maximum atomic E-state index is 5.99. The Hall–Kier alpha value is -1.04. The van der Waals surface area contributed by atoms with Crippen LogP contribution in [-0.2, 0) is 17.9 Å². The number of fused-ring (bicyclic) bond motifs is 1. The SMILES string of the molecule is COCc1c(CNC(C)C)oc2c(Br)cc(OC)cc12. The maximum Gasteiger partial charge on any atom is 0.149 e. The van der Waals surface area contributed by atoms with Crippen LogP contribution in [0.2, 0.25) is 0 Å². The van der Waals surface area contributed by atoms with Crippen molar-refractivity contribution in [3.05, 3.63) is 27.9 Å². The molecule has 0 unspecified atom stereocenters. The largest absolute Gasteiger partial charge is 0.497 e. The molecule has 0 radical (unpaired) electrons. The van der Waals surface area contributed by atoms with Crippen LogP contribution in [0.1, 0.15) is 25.2 Å². The molecular formula is C15H20BrNO3. The van der Waals surface area contributed by atoms with Crippen LogP contribution < -0.4 is 10.1 Å².